The highest BCUT2D eigenvalue weighted by atomic mass is 32.2. The lowest BCUT2D eigenvalue weighted by Crippen LogP contribution is -2.44. The second-order valence-electron chi connectivity index (χ2n) is 7.41. The fraction of sp³-hybridized carbons (Fsp3) is 0.167. The Kier molecular flexibility index (Phi) is 6.48. The molecule has 1 saturated heterocycles. The van der Waals surface area contributed by atoms with Gasteiger partial charge in [-0.3, -0.25) is 0 Å². The Morgan fingerprint density at radius 1 is 0.970 bits per heavy atom. The number of rotatable bonds is 6. The second kappa shape index (κ2) is 10.0. The molecule has 0 bridgehead atoms. The van der Waals surface area contributed by atoms with Crippen molar-refractivity contribution in [3.8, 4) is 16.8 Å². The van der Waals surface area contributed by atoms with Crippen molar-refractivity contribution in [2.24, 2.45) is 0 Å². The molecule has 7 nitrogen and oxygen atoms in total. The van der Waals surface area contributed by atoms with Crippen LogP contribution in [0, 0.1) is 11.3 Å². The number of thiazole rings is 1. The van der Waals surface area contributed by atoms with Crippen LogP contribution >= 0.6 is 23.3 Å². The molecule has 2 aromatic carbocycles. The Morgan fingerprint density at radius 3 is 2.45 bits per heavy atom. The van der Waals surface area contributed by atoms with Crippen LogP contribution in [0.3, 0.4) is 0 Å². The standard InChI is InChI=1S/C24H21N7S2/c25-17-18-6-8-19(9-7-18)27-22-16-21(23-26-10-15-32-23)28-24(29-22)30-11-13-31(14-12-30)33-20-4-2-1-3-5-20/h1-10,15-16H,11-14H2,(H,27,28,29). The summed E-state index contributed by atoms with van der Waals surface area (Å²) in [5, 5.41) is 15.2. The smallest absolute Gasteiger partial charge is 0.228 e. The third-order valence-corrected chi connectivity index (χ3v) is 7.05. The van der Waals surface area contributed by atoms with E-state index in [1.54, 1.807) is 41.6 Å². The highest BCUT2D eigenvalue weighted by Gasteiger charge is 2.21. The molecule has 0 spiro atoms. The Morgan fingerprint density at radius 2 is 1.76 bits per heavy atom. The normalized spacial score (nSPS) is 14.1. The number of nitrogens with one attached hydrogen (secondary N) is 1. The van der Waals surface area contributed by atoms with Gasteiger partial charge in [-0.15, -0.1) is 11.3 Å². The van der Waals surface area contributed by atoms with Gasteiger partial charge in [0.1, 0.15) is 16.5 Å². The van der Waals surface area contributed by atoms with Crippen molar-refractivity contribution >= 4 is 40.7 Å². The molecule has 4 aromatic rings. The van der Waals surface area contributed by atoms with E-state index in [1.165, 1.54) is 4.90 Å². The first-order valence-electron chi connectivity index (χ1n) is 10.6. The molecule has 1 aliphatic rings. The van der Waals surface area contributed by atoms with Gasteiger partial charge in [-0.2, -0.15) is 10.2 Å². The molecule has 1 aliphatic heterocycles. The Labute approximate surface area is 200 Å². The molecule has 0 atom stereocenters. The van der Waals surface area contributed by atoms with Crippen molar-refractivity contribution < 1.29 is 0 Å². The summed E-state index contributed by atoms with van der Waals surface area (Å²) in [7, 11) is 0. The quantitative estimate of drug-likeness (QED) is 0.392. The van der Waals surface area contributed by atoms with Gasteiger partial charge >= 0.3 is 0 Å². The highest BCUT2D eigenvalue weighted by Crippen LogP contribution is 2.28. The molecular weight excluding hydrogens is 450 g/mol. The van der Waals surface area contributed by atoms with Crippen molar-refractivity contribution in [1.29, 1.82) is 5.26 Å². The van der Waals surface area contributed by atoms with Gasteiger partial charge in [-0.1, -0.05) is 18.2 Å². The average molecular weight is 472 g/mol. The van der Waals surface area contributed by atoms with Gasteiger partial charge in [0.15, 0.2) is 0 Å². The largest absolute Gasteiger partial charge is 0.340 e. The lowest BCUT2D eigenvalue weighted by Gasteiger charge is -2.34. The molecule has 9 heteroatoms. The van der Waals surface area contributed by atoms with Crippen molar-refractivity contribution in [3.63, 3.8) is 0 Å². The topological polar surface area (TPSA) is 81.0 Å². The first-order valence-corrected chi connectivity index (χ1v) is 12.2. The van der Waals surface area contributed by atoms with Crippen LogP contribution in [0.4, 0.5) is 17.5 Å². The van der Waals surface area contributed by atoms with Crippen LogP contribution in [0.25, 0.3) is 10.7 Å². The summed E-state index contributed by atoms with van der Waals surface area (Å²) in [6, 6.07) is 21.8. The molecule has 33 heavy (non-hydrogen) atoms. The van der Waals surface area contributed by atoms with Gasteiger partial charge < -0.3 is 10.2 Å². The van der Waals surface area contributed by atoms with Crippen LogP contribution < -0.4 is 10.2 Å². The van der Waals surface area contributed by atoms with Gasteiger partial charge in [-0.25, -0.2) is 14.3 Å². The molecule has 0 aliphatic carbocycles. The van der Waals surface area contributed by atoms with Crippen LogP contribution in [-0.2, 0) is 0 Å². The van der Waals surface area contributed by atoms with Gasteiger partial charge in [0.2, 0.25) is 5.95 Å². The number of nitrogens with zero attached hydrogens (tertiary/aromatic N) is 6. The molecule has 0 saturated carbocycles. The van der Waals surface area contributed by atoms with Gasteiger partial charge in [-0.05, 0) is 48.3 Å². The van der Waals surface area contributed by atoms with Gasteiger partial charge in [0.05, 0.1) is 11.6 Å². The summed E-state index contributed by atoms with van der Waals surface area (Å²) < 4.78 is 2.38. The molecular formula is C24H21N7S2. The summed E-state index contributed by atoms with van der Waals surface area (Å²) in [5.41, 5.74) is 2.29. The van der Waals surface area contributed by atoms with E-state index in [0.29, 0.717) is 17.3 Å². The molecule has 0 amide bonds. The Balaban J connectivity index is 1.34. The zero-order chi connectivity index (χ0) is 22.5. The maximum atomic E-state index is 9.03. The van der Waals surface area contributed by atoms with E-state index in [1.807, 2.05) is 29.6 Å². The van der Waals surface area contributed by atoms with Crippen molar-refractivity contribution in [1.82, 2.24) is 19.3 Å². The van der Waals surface area contributed by atoms with Crippen molar-refractivity contribution in [3.05, 3.63) is 77.8 Å². The number of nitriles is 1. The first kappa shape index (κ1) is 21.4. The van der Waals surface area contributed by atoms with Crippen LogP contribution in [-0.4, -0.2) is 45.4 Å². The number of hydrogen-bond acceptors (Lipinski definition) is 9. The number of hydrogen-bond donors (Lipinski definition) is 1. The van der Waals surface area contributed by atoms with Crippen LogP contribution in [0.1, 0.15) is 5.56 Å². The predicted molar refractivity (Wildman–Crippen MR) is 134 cm³/mol. The number of piperazine rings is 1. The van der Waals surface area contributed by atoms with E-state index >= 15 is 0 Å². The van der Waals surface area contributed by atoms with E-state index in [-0.39, 0.29) is 0 Å². The summed E-state index contributed by atoms with van der Waals surface area (Å²) in [6.45, 7) is 3.53. The first-order chi connectivity index (χ1) is 16.3. The zero-order valence-corrected chi connectivity index (χ0v) is 19.4. The average Bonchev–Trinajstić information content (AvgIpc) is 3.41. The Bertz CT molecular complexity index is 1230. The fourth-order valence-corrected chi connectivity index (χ4v) is 5.01. The number of benzene rings is 2. The fourth-order valence-electron chi connectivity index (χ4n) is 3.49. The van der Waals surface area contributed by atoms with E-state index in [9.17, 15) is 0 Å². The molecule has 1 N–H and O–H groups in total. The van der Waals surface area contributed by atoms with Crippen LogP contribution in [0.5, 0.6) is 0 Å². The monoisotopic (exact) mass is 471 g/mol. The summed E-state index contributed by atoms with van der Waals surface area (Å²) >= 11 is 3.35. The minimum atomic E-state index is 0.624. The van der Waals surface area contributed by atoms with Crippen molar-refractivity contribution in [2.75, 3.05) is 36.4 Å². The SMILES string of the molecule is N#Cc1ccc(Nc2cc(-c3nccs3)nc(N3CCN(Sc4ccccc4)CC3)n2)cc1. The minimum Gasteiger partial charge on any atom is -0.340 e. The maximum absolute atomic E-state index is 9.03. The molecule has 164 valence electrons. The number of aromatic nitrogens is 3. The van der Waals surface area contributed by atoms with E-state index in [4.69, 9.17) is 15.2 Å². The zero-order valence-electron chi connectivity index (χ0n) is 17.8. The molecule has 0 radical (unpaired) electrons. The maximum Gasteiger partial charge on any atom is 0.228 e. The van der Waals surface area contributed by atoms with E-state index in [2.05, 4.69) is 49.8 Å². The minimum absolute atomic E-state index is 0.624. The third-order valence-electron chi connectivity index (χ3n) is 5.15. The Hall–Kier alpha value is -3.45. The third kappa shape index (κ3) is 5.31. The molecule has 3 heterocycles. The second-order valence-corrected chi connectivity index (χ2v) is 9.48. The van der Waals surface area contributed by atoms with Crippen LogP contribution in [0.2, 0.25) is 0 Å². The lowest BCUT2D eigenvalue weighted by atomic mass is 10.2. The molecule has 5 rings (SSSR count). The van der Waals surface area contributed by atoms with Gasteiger partial charge in [0.25, 0.3) is 0 Å². The van der Waals surface area contributed by atoms with E-state index in [0.717, 1.165) is 42.6 Å². The van der Waals surface area contributed by atoms with Crippen molar-refractivity contribution in [2.45, 2.75) is 4.90 Å². The van der Waals surface area contributed by atoms with E-state index < -0.39 is 0 Å². The lowest BCUT2D eigenvalue weighted by molar-refractivity contribution is 0.426. The molecule has 0 unspecified atom stereocenters. The molecule has 1 fully saturated rings. The van der Waals surface area contributed by atoms with Gasteiger partial charge in [0, 0.05) is 54.4 Å². The predicted octanol–water partition coefficient (Wildman–Crippen LogP) is 5.04. The highest BCUT2D eigenvalue weighted by molar-refractivity contribution is 7.97. The van der Waals surface area contributed by atoms with Crippen LogP contribution in [0.15, 0.2) is 77.1 Å². The molecule has 2 aromatic heterocycles. The summed E-state index contributed by atoms with van der Waals surface area (Å²) in [5.74, 6) is 1.40. The summed E-state index contributed by atoms with van der Waals surface area (Å²) in [6.07, 6.45) is 1.79. The number of anilines is 3. The summed E-state index contributed by atoms with van der Waals surface area (Å²) in [4.78, 5) is 17.5.